The van der Waals surface area contributed by atoms with E-state index in [4.69, 9.17) is 9.16 Å². The normalized spacial score (nSPS) is 28.3. The van der Waals surface area contributed by atoms with Crippen molar-refractivity contribution < 1.29 is 18.7 Å². The zero-order valence-electron chi connectivity index (χ0n) is 14.6. The second kappa shape index (κ2) is 6.55. The molecule has 9 heteroatoms. The molecule has 1 aromatic rings. The number of aliphatic hydroxyl groups excluding tert-OH is 1. The molecule has 1 saturated heterocycles. The molecule has 1 fully saturated rings. The molecular weight excluding hydrogens is 335 g/mol. The maximum Gasteiger partial charge on any atom is 0.330 e. The number of aromatic nitrogens is 2. The summed E-state index contributed by atoms with van der Waals surface area (Å²) in [7, 11) is -2.30. The van der Waals surface area contributed by atoms with Crippen molar-refractivity contribution in [2.45, 2.75) is 63.5 Å². The average Bonchev–Trinajstić information content (AvgIpc) is 2.74. The fraction of sp³-hybridized carbons (Fsp3) is 0.733. The van der Waals surface area contributed by atoms with Crippen LogP contribution in [0.3, 0.4) is 0 Å². The third-order valence-electron chi connectivity index (χ3n) is 4.81. The van der Waals surface area contributed by atoms with Gasteiger partial charge in [-0.1, -0.05) is 20.8 Å². The zero-order valence-corrected chi connectivity index (χ0v) is 15.6. The van der Waals surface area contributed by atoms with Crippen LogP contribution in [0.15, 0.2) is 21.9 Å². The van der Waals surface area contributed by atoms with E-state index >= 15 is 0 Å². The number of hydrogen-bond donors (Lipinski definition) is 2. The minimum absolute atomic E-state index is 0.139. The molecule has 0 saturated carbocycles. The standard InChI is InChI=1S/C15H25FN2O5Si/c1-15(2,3)24(4,5)23-12-9(8-19)22-13(11(12)16)18-7-6-10(20)17-14(18)21/h6-7,9,11-13,19H,8H2,1-5H3,(H,17,20,21). The van der Waals surface area contributed by atoms with Crippen molar-refractivity contribution in [3.63, 3.8) is 0 Å². The van der Waals surface area contributed by atoms with Crippen molar-refractivity contribution >= 4 is 8.32 Å². The summed E-state index contributed by atoms with van der Waals surface area (Å²) in [5.41, 5.74) is -1.34. The van der Waals surface area contributed by atoms with Gasteiger partial charge in [0, 0.05) is 12.3 Å². The Morgan fingerprint density at radius 3 is 2.54 bits per heavy atom. The van der Waals surface area contributed by atoms with Gasteiger partial charge < -0.3 is 14.3 Å². The number of nitrogens with one attached hydrogen (secondary N) is 1. The highest BCUT2D eigenvalue weighted by atomic mass is 28.4. The molecular formula is C15H25FN2O5Si. The smallest absolute Gasteiger partial charge is 0.330 e. The van der Waals surface area contributed by atoms with E-state index in [1.165, 1.54) is 6.20 Å². The summed E-state index contributed by atoms with van der Waals surface area (Å²) in [6.45, 7) is 9.62. The van der Waals surface area contributed by atoms with Crippen LogP contribution in [0.4, 0.5) is 4.39 Å². The maximum atomic E-state index is 15.0. The summed E-state index contributed by atoms with van der Waals surface area (Å²) in [5.74, 6) is 0. The SMILES string of the molecule is CC(C)(C)[Si](C)(C)OC1C(CO)OC(n2ccc(=O)[nH]c2=O)C1F. The fourth-order valence-corrected chi connectivity index (χ4v) is 3.67. The predicted molar refractivity (Wildman–Crippen MR) is 89.3 cm³/mol. The van der Waals surface area contributed by atoms with Crippen LogP contribution in [0, 0.1) is 0 Å². The number of nitrogens with zero attached hydrogens (tertiary/aromatic N) is 1. The minimum Gasteiger partial charge on any atom is -0.408 e. The van der Waals surface area contributed by atoms with E-state index in [0.717, 1.165) is 10.6 Å². The molecule has 4 unspecified atom stereocenters. The monoisotopic (exact) mass is 360 g/mol. The van der Waals surface area contributed by atoms with Crippen molar-refractivity contribution in [3.8, 4) is 0 Å². The summed E-state index contributed by atoms with van der Waals surface area (Å²) in [6.07, 6.45) is -3.56. The first kappa shape index (κ1) is 19.0. The number of rotatable bonds is 4. The number of halogens is 1. The topological polar surface area (TPSA) is 93.5 Å². The molecule has 1 aromatic heterocycles. The highest BCUT2D eigenvalue weighted by Crippen LogP contribution is 2.41. The molecule has 1 aliphatic heterocycles. The van der Waals surface area contributed by atoms with Gasteiger partial charge in [0.2, 0.25) is 0 Å². The van der Waals surface area contributed by atoms with Crippen LogP contribution in [0.25, 0.3) is 0 Å². The molecule has 7 nitrogen and oxygen atoms in total. The average molecular weight is 360 g/mol. The van der Waals surface area contributed by atoms with Gasteiger partial charge in [-0.15, -0.1) is 0 Å². The molecule has 0 aromatic carbocycles. The first-order valence-electron chi connectivity index (χ1n) is 7.87. The van der Waals surface area contributed by atoms with Gasteiger partial charge in [-0.25, -0.2) is 9.18 Å². The molecule has 0 spiro atoms. The van der Waals surface area contributed by atoms with E-state index in [2.05, 4.69) is 4.98 Å². The quantitative estimate of drug-likeness (QED) is 0.786. The van der Waals surface area contributed by atoms with Gasteiger partial charge in [0.05, 0.1) is 6.61 Å². The van der Waals surface area contributed by atoms with Crippen LogP contribution >= 0.6 is 0 Å². The van der Waals surface area contributed by atoms with Gasteiger partial charge in [0.15, 0.2) is 20.7 Å². The van der Waals surface area contributed by atoms with E-state index in [1.807, 2.05) is 33.9 Å². The Labute approximate surface area is 140 Å². The molecule has 0 amide bonds. The molecule has 2 rings (SSSR count). The molecule has 24 heavy (non-hydrogen) atoms. The van der Waals surface area contributed by atoms with Crippen molar-refractivity contribution in [2.24, 2.45) is 0 Å². The number of aromatic amines is 1. The number of H-pyrrole nitrogens is 1. The summed E-state index contributed by atoms with van der Waals surface area (Å²) >= 11 is 0. The second-order valence-electron chi connectivity index (χ2n) is 7.55. The molecule has 1 aliphatic rings. The third kappa shape index (κ3) is 3.53. The Hall–Kier alpha value is -1.29. The van der Waals surface area contributed by atoms with Crippen molar-refractivity contribution in [1.82, 2.24) is 9.55 Å². The number of hydrogen-bond acceptors (Lipinski definition) is 5. The highest BCUT2D eigenvalue weighted by molar-refractivity contribution is 6.74. The first-order valence-corrected chi connectivity index (χ1v) is 10.8. The van der Waals surface area contributed by atoms with Crippen LogP contribution in [0.1, 0.15) is 27.0 Å². The van der Waals surface area contributed by atoms with Gasteiger partial charge in [0.1, 0.15) is 12.2 Å². The van der Waals surface area contributed by atoms with E-state index in [-0.39, 0.29) is 5.04 Å². The lowest BCUT2D eigenvalue weighted by Crippen LogP contribution is -2.49. The second-order valence-corrected chi connectivity index (χ2v) is 12.3. The van der Waals surface area contributed by atoms with E-state index in [9.17, 15) is 19.1 Å². The van der Waals surface area contributed by atoms with Crippen LogP contribution in [0.5, 0.6) is 0 Å². The summed E-state index contributed by atoms with van der Waals surface area (Å²) in [4.78, 5) is 25.1. The first-order chi connectivity index (χ1) is 11.0. The highest BCUT2D eigenvalue weighted by Gasteiger charge is 2.51. The Bertz CT molecular complexity index is 696. The molecule has 0 bridgehead atoms. The largest absolute Gasteiger partial charge is 0.408 e. The predicted octanol–water partition coefficient (Wildman–Crippen LogP) is 1.15. The summed E-state index contributed by atoms with van der Waals surface area (Å²) < 4.78 is 27.6. The number of ether oxygens (including phenoxy) is 1. The maximum absolute atomic E-state index is 15.0. The Morgan fingerprint density at radius 2 is 2.04 bits per heavy atom. The number of alkyl halides is 1. The van der Waals surface area contributed by atoms with Crippen LogP contribution in [-0.4, -0.2) is 48.0 Å². The molecule has 2 heterocycles. The Balaban J connectivity index is 2.31. The summed E-state index contributed by atoms with van der Waals surface area (Å²) in [6, 6.07) is 1.12. The summed E-state index contributed by atoms with van der Waals surface area (Å²) in [5, 5.41) is 9.39. The Kier molecular flexibility index (Phi) is 5.19. The van der Waals surface area contributed by atoms with Crippen molar-refractivity contribution in [2.75, 3.05) is 6.61 Å². The zero-order chi connectivity index (χ0) is 18.3. The lowest BCUT2D eigenvalue weighted by molar-refractivity contribution is -0.0479. The third-order valence-corrected chi connectivity index (χ3v) is 9.28. The molecule has 4 atom stereocenters. The molecule has 2 N–H and O–H groups in total. The van der Waals surface area contributed by atoms with Gasteiger partial charge in [0.25, 0.3) is 5.56 Å². The van der Waals surface area contributed by atoms with Crippen molar-refractivity contribution in [1.29, 1.82) is 0 Å². The van der Waals surface area contributed by atoms with Crippen molar-refractivity contribution in [3.05, 3.63) is 33.1 Å². The fourth-order valence-electron chi connectivity index (χ4n) is 2.35. The van der Waals surface area contributed by atoms with Crippen LogP contribution < -0.4 is 11.2 Å². The molecule has 0 radical (unpaired) electrons. The van der Waals surface area contributed by atoms with E-state index in [1.54, 1.807) is 0 Å². The van der Waals surface area contributed by atoms with Gasteiger partial charge in [-0.3, -0.25) is 14.3 Å². The van der Waals surface area contributed by atoms with Gasteiger partial charge >= 0.3 is 5.69 Å². The van der Waals surface area contributed by atoms with Crippen LogP contribution in [0.2, 0.25) is 18.1 Å². The van der Waals surface area contributed by atoms with Gasteiger partial charge in [-0.05, 0) is 18.1 Å². The minimum atomic E-state index is -2.30. The van der Waals surface area contributed by atoms with Crippen LogP contribution in [-0.2, 0) is 9.16 Å². The van der Waals surface area contributed by atoms with Gasteiger partial charge in [-0.2, -0.15) is 0 Å². The van der Waals surface area contributed by atoms with E-state index < -0.39 is 50.8 Å². The number of aliphatic hydroxyl groups is 1. The van der Waals surface area contributed by atoms with E-state index in [0.29, 0.717) is 0 Å². The lowest BCUT2D eigenvalue weighted by Gasteiger charge is -2.39. The Morgan fingerprint density at radius 1 is 1.42 bits per heavy atom. The molecule has 0 aliphatic carbocycles. The molecule has 136 valence electrons. The lowest BCUT2D eigenvalue weighted by atomic mass is 10.1.